The molecule has 1 atom stereocenters. The molecule has 1 fully saturated rings. The Hall–Kier alpha value is -3.72. The number of aromatic amines is 1. The van der Waals surface area contributed by atoms with E-state index in [1.165, 1.54) is 0 Å². The molecule has 1 aromatic carbocycles. The first-order chi connectivity index (χ1) is 19.5. The number of nitrogens with zero attached hydrogens (tertiary/aromatic N) is 3. The van der Waals surface area contributed by atoms with Crippen LogP contribution in [-0.2, 0) is 24.4 Å². The minimum atomic E-state index is -4.53. The largest absolute Gasteiger partial charge is 0.408 e. The maximum absolute atomic E-state index is 12.6. The summed E-state index contributed by atoms with van der Waals surface area (Å²) in [5, 5.41) is 8.40. The van der Waals surface area contributed by atoms with Crippen molar-refractivity contribution in [3.8, 4) is 0 Å². The van der Waals surface area contributed by atoms with E-state index in [4.69, 9.17) is 0 Å². The summed E-state index contributed by atoms with van der Waals surface area (Å²) in [6.45, 7) is -0.567. The second kappa shape index (κ2) is 13.5. The average molecular weight is 611 g/mol. The number of imidazole rings is 1. The van der Waals surface area contributed by atoms with Gasteiger partial charge in [-0.1, -0.05) is 19.4 Å². The third kappa shape index (κ3) is 10.3. The lowest BCUT2D eigenvalue weighted by molar-refractivity contribution is -0.174. The molecule has 2 aromatic heterocycles. The van der Waals surface area contributed by atoms with Crippen LogP contribution in [0.3, 0.4) is 0 Å². The Balaban J connectivity index is 0.000000521. The summed E-state index contributed by atoms with van der Waals surface area (Å²) >= 11 is 0. The fourth-order valence-corrected chi connectivity index (χ4v) is 4.11. The van der Waals surface area contributed by atoms with Crippen LogP contribution in [0.5, 0.6) is 0 Å². The Kier molecular flexibility index (Phi) is 10.5. The zero-order chi connectivity index (χ0) is 31.1. The molecule has 4 rings (SSSR count). The van der Waals surface area contributed by atoms with Crippen LogP contribution in [-0.4, -0.2) is 49.8 Å². The van der Waals surface area contributed by atoms with Crippen LogP contribution in [0, 0.1) is 5.92 Å². The topological polar surface area (TPSA) is 105 Å². The Bertz CT molecular complexity index is 1340. The van der Waals surface area contributed by atoms with E-state index in [-0.39, 0.29) is 31.6 Å². The van der Waals surface area contributed by atoms with Crippen LogP contribution in [0.15, 0.2) is 30.5 Å². The highest BCUT2D eigenvalue weighted by Crippen LogP contribution is 2.32. The van der Waals surface area contributed by atoms with Gasteiger partial charge >= 0.3 is 12.4 Å². The lowest BCUT2D eigenvalue weighted by atomic mass is 9.97. The summed E-state index contributed by atoms with van der Waals surface area (Å²) in [7, 11) is 0. The van der Waals surface area contributed by atoms with Crippen molar-refractivity contribution in [2.75, 3.05) is 0 Å². The number of hydrogen-bond acceptors (Lipinski definition) is 4. The van der Waals surface area contributed by atoms with E-state index in [1.807, 2.05) is 0 Å². The van der Waals surface area contributed by atoms with Gasteiger partial charge in [-0.3, -0.25) is 14.3 Å². The van der Waals surface area contributed by atoms with Crippen LogP contribution < -0.4 is 10.6 Å². The van der Waals surface area contributed by atoms with Crippen LogP contribution >= 0.6 is 0 Å². The molecule has 0 radical (unpaired) electrons. The third-order valence-corrected chi connectivity index (χ3v) is 6.42. The summed E-state index contributed by atoms with van der Waals surface area (Å²) in [6, 6.07) is 6.05. The first-order valence-electron chi connectivity index (χ1n) is 13.1. The van der Waals surface area contributed by atoms with Crippen molar-refractivity contribution in [3.05, 3.63) is 47.5 Å². The number of alkyl halides is 8. The molecule has 0 spiro atoms. The smallest absolute Gasteiger partial charge is 0.352 e. The maximum Gasteiger partial charge on any atom is 0.408 e. The SMILES string of the molecule is CC(CC(=O)NCc1ccc2nc(CNC(=O)c3ccnn3CC(F)(F)F)[nH]c2c1)C(F)(F)F.FC1(F)CCCCC1. The number of amides is 2. The van der Waals surface area contributed by atoms with E-state index in [0.717, 1.165) is 25.6 Å². The Labute approximate surface area is 235 Å². The number of carbonyl (C=O) groups excluding carboxylic acids is 2. The van der Waals surface area contributed by atoms with Crippen molar-refractivity contribution in [1.82, 2.24) is 30.4 Å². The van der Waals surface area contributed by atoms with Gasteiger partial charge in [0.15, 0.2) is 0 Å². The molecule has 1 unspecified atom stereocenters. The Morgan fingerprint density at radius 1 is 1.02 bits per heavy atom. The van der Waals surface area contributed by atoms with Crippen LogP contribution in [0.4, 0.5) is 35.1 Å². The van der Waals surface area contributed by atoms with Gasteiger partial charge in [0.05, 0.1) is 23.5 Å². The van der Waals surface area contributed by atoms with Crippen molar-refractivity contribution >= 4 is 22.8 Å². The average Bonchev–Trinajstić information content (AvgIpc) is 3.50. The summed E-state index contributed by atoms with van der Waals surface area (Å²) in [4.78, 5) is 31.2. The van der Waals surface area contributed by atoms with Gasteiger partial charge in [0, 0.05) is 32.0 Å². The van der Waals surface area contributed by atoms with Gasteiger partial charge in [-0.05, 0) is 36.6 Å². The molecular formula is C26H30F8N6O2. The molecule has 2 amide bonds. The molecule has 0 bridgehead atoms. The van der Waals surface area contributed by atoms with E-state index < -0.39 is 49.0 Å². The van der Waals surface area contributed by atoms with E-state index in [2.05, 4.69) is 25.7 Å². The monoisotopic (exact) mass is 610 g/mol. The van der Waals surface area contributed by atoms with Gasteiger partial charge in [0.1, 0.15) is 18.1 Å². The fourth-order valence-electron chi connectivity index (χ4n) is 4.11. The predicted molar refractivity (Wildman–Crippen MR) is 135 cm³/mol. The van der Waals surface area contributed by atoms with Gasteiger partial charge in [-0.25, -0.2) is 13.8 Å². The summed E-state index contributed by atoms with van der Waals surface area (Å²) in [5.74, 6) is -5.25. The number of fused-ring (bicyclic) bond motifs is 1. The molecule has 3 N–H and O–H groups in total. The van der Waals surface area contributed by atoms with Gasteiger partial charge in [0.25, 0.3) is 5.91 Å². The second-order valence-corrected chi connectivity index (χ2v) is 10.0. The predicted octanol–water partition coefficient (Wildman–Crippen LogP) is 6.04. The highest BCUT2D eigenvalue weighted by Gasteiger charge is 2.37. The Morgan fingerprint density at radius 2 is 1.71 bits per heavy atom. The molecule has 42 heavy (non-hydrogen) atoms. The number of hydrogen-bond donors (Lipinski definition) is 3. The van der Waals surface area contributed by atoms with E-state index in [9.17, 15) is 44.7 Å². The maximum atomic E-state index is 12.6. The Morgan fingerprint density at radius 3 is 2.31 bits per heavy atom. The van der Waals surface area contributed by atoms with Crippen molar-refractivity contribution in [2.24, 2.45) is 5.92 Å². The summed E-state index contributed by atoms with van der Waals surface area (Å²) in [5.41, 5.74) is 1.41. The fraction of sp³-hybridized carbons (Fsp3) is 0.538. The standard InChI is InChI=1S/C20H20F6N6O2.C6H10F2/c1-11(20(24,25)26)6-17(33)27-8-12-2-3-13-14(7-12)31-16(30-13)9-28-18(34)15-4-5-29-32(15)10-19(21,22)23;7-6(8)4-2-1-3-5-6/h2-5,7,11H,6,8-10H2,1H3,(H,27,33)(H,28,34)(H,30,31);1-5H2. The minimum absolute atomic E-state index is 0.00757. The van der Waals surface area contributed by atoms with E-state index in [1.54, 1.807) is 18.2 Å². The number of carbonyl (C=O) groups is 2. The molecule has 1 aliphatic rings. The zero-order valence-corrected chi connectivity index (χ0v) is 22.5. The second-order valence-electron chi connectivity index (χ2n) is 10.0. The molecule has 1 saturated carbocycles. The molecule has 0 aliphatic heterocycles. The van der Waals surface area contributed by atoms with Gasteiger partial charge < -0.3 is 15.6 Å². The quantitative estimate of drug-likeness (QED) is 0.271. The lowest BCUT2D eigenvalue weighted by Gasteiger charge is -2.20. The number of aromatic nitrogens is 4. The van der Waals surface area contributed by atoms with Crippen LogP contribution in [0.2, 0.25) is 0 Å². The first-order valence-corrected chi connectivity index (χ1v) is 13.1. The summed E-state index contributed by atoms with van der Waals surface area (Å²) < 4.78 is 100. The number of rotatable bonds is 8. The number of benzene rings is 1. The minimum Gasteiger partial charge on any atom is -0.352 e. The molecule has 0 saturated heterocycles. The molecule has 1 aliphatic carbocycles. The lowest BCUT2D eigenvalue weighted by Crippen LogP contribution is -2.29. The molecule has 8 nitrogen and oxygen atoms in total. The van der Waals surface area contributed by atoms with Crippen molar-refractivity contribution in [1.29, 1.82) is 0 Å². The number of halogens is 8. The van der Waals surface area contributed by atoms with E-state index >= 15 is 0 Å². The molecule has 16 heteroatoms. The normalized spacial score (nSPS) is 15.9. The molecule has 3 aromatic rings. The number of H-pyrrole nitrogens is 1. The third-order valence-electron chi connectivity index (χ3n) is 6.42. The van der Waals surface area contributed by atoms with Gasteiger partial charge in [-0.15, -0.1) is 0 Å². The number of nitrogens with one attached hydrogen (secondary N) is 3. The molecule has 232 valence electrons. The molecule has 2 heterocycles. The van der Waals surface area contributed by atoms with Crippen LogP contribution in [0.25, 0.3) is 11.0 Å². The van der Waals surface area contributed by atoms with E-state index in [0.29, 0.717) is 39.9 Å². The van der Waals surface area contributed by atoms with Crippen molar-refractivity contribution in [2.45, 2.75) is 83.4 Å². The molecular weight excluding hydrogens is 580 g/mol. The first kappa shape index (κ1) is 32.8. The van der Waals surface area contributed by atoms with Crippen LogP contribution in [0.1, 0.15) is 67.3 Å². The van der Waals surface area contributed by atoms with Gasteiger partial charge in [-0.2, -0.15) is 31.4 Å². The summed E-state index contributed by atoms with van der Waals surface area (Å²) in [6.07, 6.45) is -5.91. The van der Waals surface area contributed by atoms with Crippen molar-refractivity contribution in [3.63, 3.8) is 0 Å². The zero-order valence-electron chi connectivity index (χ0n) is 22.5. The van der Waals surface area contributed by atoms with Crippen molar-refractivity contribution < 1.29 is 44.7 Å². The highest BCUT2D eigenvalue weighted by atomic mass is 19.4. The van der Waals surface area contributed by atoms with Gasteiger partial charge in [0.2, 0.25) is 11.8 Å². The highest BCUT2D eigenvalue weighted by molar-refractivity contribution is 5.92.